The Morgan fingerprint density at radius 2 is 2.10 bits per heavy atom. The SMILES string of the molecule is CC(C)COCCCNC(=NCc1cnn(C)c1)Nc1ccc2c(c1)OCCCO2. The Balaban J connectivity index is 1.60. The highest BCUT2D eigenvalue weighted by molar-refractivity contribution is 5.93. The van der Waals surface area contributed by atoms with Gasteiger partial charge < -0.3 is 24.8 Å². The van der Waals surface area contributed by atoms with Crippen molar-refractivity contribution in [2.75, 3.05) is 38.3 Å². The van der Waals surface area contributed by atoms with Crippen molar-refractivity contribution < 1.29 is 14.2 Å². The van der Waals surface area contributed by atoms with E-state index < -0.39 is 0 Å². The van der Waals surface area contributed by atoms with E-state index >= 15 is 0 Å². The Labute approximate surface area is 178 Å². The van der Waals surface area contributed by atoms with Crippen molar-refractivity contribution in [2.45, 2.75) is 33.2 Å². The van der Waals surface area contributed by atoms with Gasteiger partial charge in [0, 0.05) is 56.7 Å². The summed E-state index contributed by atoms with van der Waals surface area (Å²) in [5.41, 5.74) is 1.95. The lowest BCUT2D eigenvalue weighted by Gasteiger charge is -2.15. The molecule has 30 heavy (non-hydrogen) atoms. The number of nitrogens with zero attached hydrogens (tertiary/aromatic N) is 3. The molecule has 8 heteroatoms. The first-order valence-corrected chi connectivity index (χ1v) is 10.6. The Hall–Kier alpha value is -2.74. The fourth-order valence-corrected chi connectivity index (χ4v) is 2.94. The average Bonchev–Trinajstić information content (AvgIpc) is 3.00. The van der Waals surface area contributed by atoms with Crippen LogP contribution in [0.2, 0.25) is 0 Å². The van der Waals surface area contributed by atoms with Gasteiger partial charge in [-0.2, -0.15) is 5.10 Å². The monoisotopic (exact) mass is 415 g/mol. The molecule has 1 aromatic heterocycles. The van der Waals surface area contributed by atoms with Crippen LogP contribution in [-0.4, -0.2) is 48.7 Å². The summed E-state index contributed by atoms with van der Waals surface area (Å²) in [7, 11) is 1.90. The smallest absolute Gasteiger partial charge is 0.196 e. The fraction of sp³-hybridized carbons (Fsp3) is 0.545. The molecule has 1 aliphatic heterocycles. The molecule has 8 nitrogen and oxygen atoms in total. The summed E-state index contributed by atoms with van der Waals surface area (Å²) < 4.78 is 18.9. The molecule has 0 radical (unpaired) electrons. The Bertz CT molecular complexity index is 819. The first kappa shape index (κ1) is 22.0. The molecule has 0 atom stereocenters. The van der Waals surface area contributed by atoms with E-state index in [1.54, 1.807) is 4.68 Å². The van der Waals surface area contributed by atoms with Gasteiger partial charge in [0.1, 0.15) is 0 Å². The molecule has 164 valence electrons. The third-order valence-corrected chi connectivity index (χ3v) is 4.40. The van der Waals surface area contributed by atoms with E-state index in [2.05, 4.69) is 29.6 Å². The standard InChI is InChI=1S/C22H33N5O3/c1-17(2)16-28-9-4-8-23-22(24-13-18-14-25-27(3)15-18)26-19-6-7-20-21(12-19)30-11-5-10-29-20/h6-7,12,14-15,17H,4-5,8-11,13,16H2,1-3H3,(H2,23,24,26). The van der Waals surface area contributed by atoms with Gasteiger partial charge in [-0.05, 0) is 24.5 Å². The van der Waals surface area contributed by atoms with Gasteiger partial charge in [-0.25, -0.2) is 4.99 Å². The van der Waals surface area contributed by atoms with Crippen LogP contribution < -0.4 is 20.1 Å². The summed E-state index contributed by atoms with van der Waals surface area (Å²) in [6.45, 7) is 8.47. The lowest BCUT2D eigenvalue weighted by atomic mass is 10.2. The van der Waals surface area contributed by atoms with Crippen molar-refractivity contribution in [3.05, 3.63) is 36.2 Å². The minimum absolute atomic E-state index is 0.539. The topological polar surface area (TPSA) is 81.9 Å². The minimum atomic E-state index is 0.539. The van der Waals surface area contributed by atoms with E-state index in [0.717, 1.165) is 55.4 Å². The number of ether oxygens (including phenoxy) is 3. The highest BCUT2D eigenvalue weighted by Gasteiger charge is 2.11. The van der Waals surface area contributed by atoms with Gasteiger partial charge in [-0.15, -0.1) is 0 Å². The maximum Gasteiger partial charge on any atom is 0.196 e. The van der Waals surface area contributed by atoms with Gasteiger partial charge in [0.25, 0.3) is 0 Å². The van der Waals surface area contributed by atoms with Crippen molar-refractivity contribution in [3.8, 4) is 11.5 Å². The number of fused-ring (bicyclic) bond motifs is 1. The van der Waals surface area contributed by atoms with Gasteiger partial charge >= 0.3 is 0 Å². The number of nitrogens with one attached hydrogen (secondary N) is 2. The van der Waals surface area contributed by atoms with Crippen LogP contribution in [0.1, 0.15) is 32.3 Å². The zero-order valence-corrected chi connectivity index (χ0v) is 18.2. The Morgan fingerprint density at radius 3 is 2.87 bits per heavy atom. The van der Waals surface area contributed by atoms with Gasteiger partial charge in [0.15, 0.2) is 17.5 Å². The highest BCUT2D eigenvalue weighted by atomic mass is 16.5. The number of aromatic nitrogens is 2. The largest absolute Gasteiger partial charge is 0.490 e. The lowest BCUT2D eigenvalue weighted by Crippen LogP contribution is -2.32. The second-order valence-electron chi connectivity index (χ2n) is 7.77. The first-order chi connectivity index (χ1) is 14.6. The van der Waals surface area contributed by atoms with E-state index in [-0.39, 0.29) is 0 Å². The van der Waals surface area contributed by atoms with Gasteiger partial charge in [-0.3, -0.25) is 4.68 Å². The molecule has 0 unspecified atom stereocenters. The van der Waals surface area contributed by atoms with Crippen LogP contribution >= 0.6 is 0 Å². The molecular weight excluding hydrogens is 382 g/mol. The number of anilines is 1. The van der Waals surface area contributed by atoms with Crippen molar-refractivity contribution in [1.82, 2.24) is 15.1 Å². The molecule has 2 aromatic rings. The van der Waals surface area contributed by atoms with Crippen LogP contribution in [-0.2, 0) is 18.3 Å². The zero-order chi connectivity index (χ0) is 21.2. The average molecular weight is 416 g/mol. The van der Waals surface area contributed by atoms with Crippen molar-refractivity contribution in [2.24, 2.45) is 18.0 Å². The van der Waals surface area contributed by atoms with Crippen molar-refractivity contribution in [3.63, 3.8) is 0 Å². The quantitative estimate of drug-likeness (QED) is 0.372. The Kier molecular flexibility index (Phi) is 8.38. The zero-order valence-electron chi connectivity index (χ0n) is 18.2. The molecule has 3 rings (SSSR count). The van der Waals surface area contributed by atoms with Crippen LogP contribution in [0, 0.1) is 5.92 Å². The minimum Gasteiger partial charge on any atom is -0.490 e. The molecule has 0 saturated heterocycles. The summed E-state index contributed by atoms with van der Waals surface area (Å²) in [6.07, 6.45) is 5.58. The summed E-state index contributed by atoms with van der Waals surface area (Å²) in [6, 6.07) is 5.86. The van der Waals surface area contributed by atoms with Crippen LogP contribution in [0.15, 0.2) is 35.6 Å². The number of hydrogen-bond acceptors (Lipinski definition) is 5. The molecule has 0 amide bonds. The normalized spacial score (nSPS) is 13.9. The van der Waals surface area contributed by atoms with Crippen LogP contribution in [0.3, 0.4) is 0 Å². The molecule has 1 aliphatic rings. The number of guanidine groups is 1. The van der Waals surface area contributed by atoms with Crippen molar-refractivity contribution in [1.29, 1.82) is 0 Å². The summed E-state index contributed by atoms with van der Waals surface area (Å²) in [5.74, 6) is 2.79. The van der Waals surface area contributed by atoms with E-state index in [0.29, 0.717) is 31.6 Å². The van der Waals surface area contributed by atoms with E-state index in [4.69, 9.17) is 19.2 Å². The number of hydrogen-bond donors (Lipinski definition) is 2. The number of aryl methyl sites for hydroxylation is 1. The number of rotatable bonds is 9. The summed E-state index contributed by atoms with van der Waals surface area (Å²) in [5, 5.41) is 11.0. The van der Waals surface area contributed by atoms with Crippen molar-refractivity contribution >= 4 is 11.6 Å². The molecule has 2 heterocycles. The third kappa shape index (κ3) is 7.26. The molecule has 0 fully saturated rings. The summed E-state index contributed by atoms with van der Waals surface area (Å²) >= 11 is 0. The maximum atomic E-state index is 5.79. The van der Waals surface area contributed by atoms with Gasteiger partial charge in [-0.1, -0.05) is 13.8 Å². The molecule has 0 bridgehead atoms. The van der Waals surface area contributed by atoms with Crippen LogP contribution in [0.5, 0.6) is 11.5 Å². The second-order valence-corrected chi connectivity index (χ2v) is 7.77. The maximum absolute atomic E-state index is 5.79. The fourth-order valence-electron chi connectivity index (χ4n) is 2.94. The molecule has 0 aliphatic carbocycles. The predicted octanol–water partition coefficient (Wildman–Crippen LogP) is 3.20. The first-order valence-electron chi connectivity index (χ1n) is 10.6. The van der Waals surface area contributed by atoms with E-state index in [1.165, 1.54) is 0 Å². The van der Waals surface area contributed by atoms with Crippen LogP contribution in [0.25, 0.3) is 0 Å². The summed E-state index contributed by atoms with van der Waals surface area (Å²) in [4.78, 5) is 4.71. The molecule has 0 spiro atoms. The molecule has 0 saturated carbocycles. The van der Waals surface area contributed by atoms with Crippen LogP contribution in [0.4, 0.5) is 5.69 Å². The lowest BCUT2D eigenvalue weighted by molar-refractivity contribution is 0.108. The van der Waals surface area contributed by atoms with E-state index in [9.17, 15) is 0 Å². The van der Waals surface area contributed by atoms with E-state index in [1.807, 2.05) is 37.6 Å². The Morgan fingerprint density at radius 1 is 1.27 bits per heavy atom. The molecule has 1 aromatic carbocycles. The second kappa shape index (κ2) is 11.4. The number of benzene rings is 1. The molecule has 2 N–H and O–H groups in total. The van der Waals surface area contributed by atoms with Gasteiger partial charge in [0.05, 0.1) is 26.0 Å². The molecular formula is C22H33N5O3. The van der Waals surface area contributed by atoms with Gasteiger partial charge in [0.2, 0.25) is 0 Å². The third-order valence-electron chi connectivity index (χ3n) is 4.40. The highest BCUT2D eigenvalue weighted by Crippen LogP contribution is 2.32. The predicted molar refractivity (Wildman–Crippen MR) is 118 cm³/mol. The number of aliphatic imine (C=N–C) groups is 1.